The second kappa shape index (κ2) is 9.82. The summed E-state index contributed by atoms with van der Waals surface area (Å²) in [5, 5.41) is 6.30. The van der Waals surface area contributed by atoms with Gasteiger partial charge in [0, 0.05) is 34.5 Å². The fourth-order valence-electron chi connectivity index (χ4n) is 2.64. The average Bonchev–Trinajstić information content (AvgIpc) is 2.59. The Labute approximate surface area is 159 Å². The Hall–Kier alpha value is -1.53. The van der Waals surface area contributed by atoms with Crippen LogP contribution in [0, 0.1) is 6.92 Å². The van der Waals surface area contributed by atoms with Gasteiger partial charge in [0.15, 0.2) is 0 Å². The summed E-state index contributed by atoms with van der Waals surface area (Å²) >= 11 is 1.72. The van der Waals surface area contributed by atoms with Gasteiger partial charge in [-0.15, -0.1) is 12.4 Å². The van der Waals surface area contributed by atoms with Crippen molar-refractivity contribution >= 4 is 35.8 Å². The lowest BCUT2D eigenvalue weighted by atomic mass is 10.1. The monoisotopic (exact) mass is 378 g/mol. The fraction of sp³-hybridized carbons (Fsp3) is 0.316. The molecule has 1 amide bonds. The summed E-state index contributed by atoms with van der Waals surface area (Å²) in [6, 6.07) is 16.5. The van der Waals surface area contributed by atoms with Crippen LogP contribution >= 0.6 is 24.2 Å². The number of halogens is 1. The summed E-state index contributed by atoms with van der Waals surface area (Å²) in [5.41, 5.74) is 1.94. The molecule has 6 heteroatoms. The molecule has 25 heavy (non-hydrogen) atoms. The van der Waals surface area contributed by atoms with E-state index in [1.165, 1.54) is 9.79 Å². The fourth-order valence-corrected chi connectivity index (χ4v) is 3.58. The van der Waals surface area contributed by atoms with Crippen molar-refractivity contribution in [3.8, 4) is 0 Å². The summed E-state index contributed by atoms with van der Waals surface area (Å²) in [7, 11) is 0. The molecule has 1 saturated heterocycles. The first kappa shape index (κ1) is 19.8. The standard InChI is InChI=1S/C19H22N2O2S.ClH/c1-14-11-17(24-16-5-3-2-4-6-16)7-8-18(14)21-19(22)12-15-13-23-10-9-20-15;/h2-8,11,15,20H,9-10,12-13H2,1H3,(H,21,22);1H. The molecule has 1 aliphatic rings. The molecule has 2 N–H and O–H groups in total. The molecule has 2 aromatic carbocycles. The van der Waals surface area contributed by atoms with Gasteiger partial charge in [0.2, 0.25) is 5.91 Å². The van der Waals surface area contributed by atoms with Crippen LogP contribution in [0.1, 0.15) is 12.0 Å². The summed E-state index contributed by atoms with van der Waals surface area (Å²) in [6.07, 6.45) is 0.431. The summed E-state index contributed by atoms with van der Waals surface area (Å²) in [5.74, 6) is 0.0181. The lowest BCUT2D eigenvalue weighted by Gasteiger charge is -2.23. The third-order valence-corrected chi connectivity index (χ3v) is 4.88. The lowest BCUT2D eigenvalue weighted by Crippen LogP contribution is -2.43. The van der Waals surface area contributed by atoms with Crippen molar-refractivity contribution in [1.82, 2.24) is 5.32 Å². The number of anilines is 1. The zero-order valence-electron chi connectivity index (χ0n) is 14.2. The summed E-state index contributed by atoms with van der Waals surface area (Å²) in [6.45, 7) is 4.14. The highest BCUT2D eigenvalue weighted by atomic mass is 35.5. The Bertz CT molecular complexity index is 691. The second-order valence-corrected chi connectivity index (χ2v) is 7.02. The van der Waals surface area contributed by atoms with E-state index in [2.05, 4.69) is 28.8 Å². The van der Waals surface area contributed by atoms with Crippen LogP contribution in [0.15, 0.2) is 58.3 Å². The molecule has 0 bridgehead atoms. The highest BCUT2D eigenvalue weighted by molar-refractivity contribution is 7.99. The molecule has 134 valence electrons. The van der Waals surface area contributed by atoms with Gasteiger partial charge in [-0.3, -0.25) is 4.79 Å². The van der Waals surface area contributed by atoms with Crippen LogP contribution in [0.5, 0.6) is 0 Å². The third kappa shape index (κ3) is 6.04. The van der Waals surface area contributed by atoms with E-state index in [1.54, 1.807) is 11.8 Å². The van der Waals surface area contributed by atoms with Crippen LogP contribution in [0.3, 0.4) is 0 Å². The van der Waals surface area contributed by atoms with E-state index in [0.29, 0.717) is 13.0 Å². The van der Waals surface area contributed by atoms with Crippen LogP contribution in [0.2, 0.25) is 0 Å². The maximum Gasteiger partial charge on any atom is 0.226 e. The molecule has 1 aliphatic heterocycles. The normalized spacial score (nSPS) is 16.8. The van der Waals surface area contributed by atoms with Crippen LogP contribution in [0.4, 0.5) is 5.69 Å². The molecule has 1 fully saturated rings. The van der Waals surface area contributed by atoms with E-state index >= 15 is 0 Å². The second-order valence-electron chi connectivity index (χ2n) is 5.87. The number of hydrogen-bond acceptors (Lipinski definition) is 4. The topological polar surface area (TPSA) is 50.4 Å². The largest absolute Gasteiger partial charge is 0.378 e. The van der Waals surface area contributed by atoms with Crippen molar-refractivity contribution in [2.45, 2.75) is 29.2 Å². The molecule has 3 rings (SSSR count). The maximum atomic E-state index is 12.2. The van der Waals surface area contributed by atoms with Crippen LogP contribution in [-0.2, 0) is 9.53 Å². The SMILES string of the molecule is Cc1cc(Sc2ccccc2)ccc1NC(=O)CC1COCCN1.Cl. The van der Waals surface area contributed by atoms with Crippen LogP contribution in [-0.4, -0.2) is 31.7 Å². The minimum Gasteiger partial charge on any atom is -0.378 e. The lowest BCUT2D eigenvalue weighted by molar-refractivity contribution is -0.117. The highest BCUT2D eigenvalue weighted by Gasteiger charge is 2.17. The van der Waals surface area contributed by atoms with Crippen LogP contribution < -0.4 is 10.6 Å². The first-order valence-electron chi connectivity index (χ1n) is 8.15. The molecule has 1 atom stereocenters. The molecule has 1 heterocycles. The number of ether oxygens (including phenoxy) is 1. The number of amides is 1. The zero-order valence-corrected chi connectivity index (χ0v) is 15.8. The molecule has 0 aromatic heterocycles. The Morgan fingerprint density at radius 3 is 2.72 bits per heavy atom. The number of nitrogens with one attached hydrogen (secondary N) is 2. The Balaban J connectivity index is 0.00000225. The van der Waals surface area contributed by atoms with Gasteiger partial charge >= 0.3 is 0 Å². The first-order chi connectivity index (χ1) is 11.7. The number of carbonyl (C=O) groups excluding carboxylic acids is 1. The zero-order chi connectivity index (χ0) is 16.8. The Kier molecular flexibility index (Phi) is 7.78. The van der Waals surface area contributed by atoms with Gasteiger partial charge in [-0.05, 0) is 42.8 Å². The minimum absolute atomic E-state index is 0. The number of carbonyl (C=O) groups is 1. The molecule has 0 saturated carbocycles. The van der Waals surface area contributed by atoms with Crippen LogP contribution in [0.25, 0.3) is 0 Å². The highest BCUT2D eigenvalue weighted by Crippen LogP contribution is 2.30. The van der Waals surface area contributed by atoms with Crippen molar-refractivity contribution in [2.24, 2.45) is 0 Å². The Morgan fingerprint density at radius 1 is 1.24 bits per heavy atom. The predicted molar refractivity (Wildman–Crippen MR) is 105 cm³/mol. The predicted octanol–water partition coefficient (Wildman–Crippen LogP) is 3.89. The van der Waals surface area contributed by atoms with Gasteiger partial charge in [-0.1, -0.05) is 30.0 Å². The van der Waals surface area contributed by atoms with E-state index in [0.717, 1.165) is 24.4 Å². The molecule has 1 unspecified atom stereocenters. The number of benzene rings is 2. The van der Waals surface area contributed by atoms with Gasteiger partial charge in [-0.2, -0.15) is 0 Å². The summed E-state index contributed by atoms with van der Waals surface area (Å²) in [4.78, 5) is 14.6. The van der Waals surface area contributed by atoms with E-state index in [9.17, 15) is 4.79 Å². The maximum absolute atomic E-state index is 12.2. The van der Waals surface area contributed by atoms with Gasteiger partial charge in [0.25, 0.3) is 0 Å². The van der Waals surface area contributed by atoms with Gasteiger partial charge in [0.1, 0.15) is 0 Å². The molecular weight excluding hydrogens is 356 g/mol. The van der Waals surface area contributed by atoms with E-state index in [-0.39, 0.29) is 24.4 Å². The molecule has 2 aromatic rings. The Morgan fingerprint density at radius 2 is 2.04 bits per heavy atom. The van der Waals surface area contributed by atoms with Crippen molar-refractivity contribution in [3.63, 3.8) is 0 Å². The summed E-state index contributed by atoms with van der Waals surface area (Å²) < 4.78 is 5.38. The van der Waals surface area contributed by atoms with Crippen molar-refractivity contribution in [1.29, 1.82) is 0 Å². The van der Waals surface area contributed by atoms with Gasteiger partial charge in [0.05, 0.1) is 13.2 Å². The minimum atomic E-state index is 0. The first-order valence-corrected chi connectivity index (χ1v) is 8.97. The molecule has 0 aliphatic carbocycles. The van der Waals surface area contributed by atoms with Crippen molar-refractivity contribution in [3.05, 3.63) is 54.1 Å². The van der Waals surface area contributed by atoms with E-state index in [1.807, 2.05) is 37.3 Å². The van der Waals surface area contributed by atoms with Gasteiger partial charge < -0.3 is 15.4 Å². The molecule has 0 spiro atoms. The smallest absolute Gasteiger partial charge is 0.226 e. The molecular formula is C19H23ClN2O2S. The number of hydrogen-bond donors (Lipinski definition) is 2. The quantitative estimate of drug-likeness (QED) is 0.828. The van der Waals surface area contributed by atoms with E-state index in [4.69, 9.17) is 4.74 Å². The number of aryl methyl sites for hydroxylation is 1. The average molecular weight is 379 g/mol. The molecule has 0 radical (unpaired) electrons. The van der Waals surface area contributed by atoms with Crippen molar-refractivity contribution < 1.29 is 9.53 Å². The molecule has 4 nitrogen and oxygen atoms in total. The third-order valence-electron chi connectivity index (χ3n) is 3.88. The van der Waals surface area contributed by atoms with E-state index < -0.39 is 0 Å². The van der Waals surface area contributed by atoms with Crippen molar-refractivity contribution in [2.75, 3.05) is 25.1 Å². The number of morpholine rings is 1. The van der Waals surface area contributed by atoms with Gasteiger partial charge in [-0.25, -0.2) is 0 Å². The number of rotatable bonds is 5.